The van der Waals surface area contributed by atoms with Gasteiger partial charge in [0.15, 0.2) is 0 Å². The second kappa shape index (κ2) is 13.9. The predicted molar refractivity (Wildman–Crippen MR) is 225 cm³/mol. The number of nitrogens with zero attached hydrogens (tertiary/aromatic N) is 2. The quantitative estimate of drug-likeness (QED) is 0.138. The van der Waals surface area contributed by atoms with Crippen LogP contribution in [0.15, 0.2) is 180 Å². The van der Waals surface area contributed by atoms with Crippen LogP contribution in [0, 0.1) is 0 Å². The van der Waals surface area contributed by atoms with Crippen molar-refractivity contribution in [2.75, 3.05) is 9.80 Å². The Bertz CT molecular complexity index is 2500. The third kappa shape index (κ3) is 6.41. The minimum Gasteiger partial charge on any atom is -0.458 e. The Morgan fingerprint density at radius 3 is 1.53 bits per heavy atom. The molecule has 1 aromatic heterocycles. The third-order valence-electron chi connectivity index (χ3n) is 10.7. The lowest BCUT2D eigenvalue weighted by molar-refractivity contribution is 0.00578. The Kier molecular flexibility index (Phi) is 8.69. The molecular weight excluding hydrogens is 679 g/mol. The normalized spacial score (nSPS) is 14.7. The number of furan rings is 1. The summed E-state index contributed by atoms with van der Waals surface area (Å²) >= 11 is 0. The summed E-state index contributed by atoms with van der Waals surface area (Å²) < 4.78 is 26.9. The van der Waals surface area contributed by atoms with E-state index in [9.17, 15) is 0 Å². The number of benzene rings is 7. The van der Waals surface area contributed by atoms with Gasteiger partial charge in [0.2, 0.25) is 0 Å². The van der Waals surface area contributed by atoms with Crippen LogP contribution in [-0.4, -0.2) is 18.3 Å². The first-order chi connectivity index (χ1) is 26.8. The lowest BCUT2D eigenvalue weighted by Crippen LogP contribution is -2.41. The summed E-state index contributed by atoms with van der Waals surface area (Å²) in [5, 5.41) is 1.97. The molecule has 0 N–H and O–H groups in total. The number of hydrogen-bond acceptors (Lipinski definition) is 6. The molecule has 8 aromatic rings. The van der Waals surface area contributed by atoms with Crippen LogP contribution in [0.25, 0.3) is 21.9 Å². The highest BCUT2D eigenvalue weighted by Gasteiger charge is 2.53. The number of ether oxygens (including phenoxy) is 1. The van der Waals surface area contributed by atoms with Crippen molar-refractivity contribution in [2.24, 2.45) is 0 Å². The summed E-state index contributed by atoms with van der Waals surface area (Å²) in [7, 11) is -0.694. The van der Waals surface area contributed by atoms with Crippen molar-refractivity contribution in [1.29, 1.82) is 0 Å². The SMILES string of the molecule is CC1(C)OB(c2c(Oc3ccc4oc5cc(N(c6ccccc6)c6ccccc6)ccc5c4c3)cccc2N(c2ccccc2)c2ccccc2)OC1(C)C. The van der Waals surface area contributed by atoms with E-state index in [4.69, 9.17) is 18.5 Å². The molecule has 6 nitrogen and oxygen atoms in total. The number of para-hydroxylation sites is 4. The van der Waals surface area contributed by atoms with Crippen molar-refractivity contribution >= 4 is 68.6 Å². The van der Waals surface area contributed by atoms with Crippen molar-refractivity contribution < 1.29 is 18.5 Å². The minimum atomic E-state index is -0.694. The van der Waals surface area contributed by atoms with E-state index in [1.807, 2.05) is 72.8 Å². The summed E-state index contributed by atoms with van der Waals surface area (Å²) in [5.74, 6) is 1.32. The molecule has 0 unspecified atom stereocenters. The van der Waals surface area contributed by atoms with Crippen LogP contribution < -0.4 is 20.0 Å². The number of rotatable bonds is 9. The van der Waals surface area contributed by atoms with Crippen LogP contribution >= 0.6 is 0 Å². The zero-order chi connectivity index (χ0) is 37.6. The molecule has 0 radical (unpaired) electrons. The first kappa shape index (κ1) is 34.5. The standard InChI is InChI=1S/C48H41BN2O4/c1-47(2)48(3,4)55-49(54-47)46-42(51(36-22-13-7-14-23-36)37-24-15-8-16-25-37)26-17-27-44(46)52-39-29-31-43-41(33-39)40-30-28-38(32-45(40)53-43)50(34-18-9-5-10-19-34)35-20-11-6-12-21-35/h5-33H,1-4H3. The molecular formula is C48H41BN2O4. The van der Waals surface area contributed by atoms with Crippen LogP contribution in [0.2, 0.25) is 0 Å². The Balaban J connectivity index is 1.14. The van der Waals surface area contributed by atoms with E-state index in [0.29, 0.717) is 11.5 Å². The summed E-state index contributed by atoms with van der Waals surface area (Å²) in [6.07, 6.45) is 0. The minimum absolute atomic E-state index is 0.559. The van der Waals surface area contributed by atoms with Crippen LogP contribution in [0.4, 0.5) is 34.1 Å². The maximum Gasteiger partial charge on any atom is 0.500 e. The summed E-state index contributed by atoms with van der Waals surface area (Å²) in [4.78, 5) is 4.46. The van der Waals surface area contributed by atoms with E-state index in [2.05, 4.69) is 141 Å². The third-order valence-corrected chi connectivity index (χ3v) is 10.7. The monoisotopic (exact) mass is 720 g/mol. The van der Waals surface area contributed by atoms with Gasteiger partial charge in [-0.2, -0.15) is 0 Å². The lowest BCUT2D eigenvalue weighted by atomic mass is 9.76. The van der Waals surface area contributed by atoms with Gasteiger partial charge in [0.1, 0.15) is 22.7 Å². The average Bonchev–Trinajstić information content (AvgIpc) is 3.67. The average molecular weight is 721 g/mol. The van der Waals surface area contributed by atoms with Crippen LogP contribution in [-0.2, 0) is 9.31 Å². The molecule has 2 heterocycles. The molecule has 270 valence electrons. The fraction of sp³-hybridized carbons (Fsp3) is 0.125. The molecule has 0 amide bonds. The number of hydrogen-bond donors (Lipinski definition) is 0. The van der Waals surface area contributed by atoms with E-state index in [1.54, 1.807) is 0 Å². The second-order valence-corrected chi connectivity index (χ2v) is 14.8. The molecule has 0 bridgehead atoms. The summed E-state index contributed by atoms with van der Waals surface area (Å²) in [6.45, 7) is 8.30. The van der Waals surface area contributed by atoms with Crippen molar-refractivity contribution in [3.05, 3.63) is 176 Å². The zero-order valence-corrected chi connectivity index (χ0v) is 31.3. The topological polar surface area (TPSA) is 47.3 Å². The van der Waals surface area contributed by atoms with Crippen molar-refractivity contribution in [2.45, 2.75) is 38.9 Å². The predicted octanol–water partition coefficient (Wildman–Crippen LogP) is 12.6. The molecule has 1 aliphatic heterocycles. The highest BCUT2D eigenvalue weighted by Crippen LogP contribution is 2.43. The van der Waals surface area contributed by atoms with Gasteiger partial charge >= 0.3 is 7.12 Å². The molecule has 1 saturated heterocycles. The molecule has 0 aliphatic carbocycles. The maximum atomic E-state index is 6.89. The Morgan fingerprint density at radius 1 is 0.455 bits per heavy atom. The first-order valence-corrected chi connectivity index (χ1v) is 18.7. The molecule has 1 aliphatic rings. The maximum absolute atomic E-state index is 6.89. The Labute approximate surface area is 322 Å². The van der Waals surface area contributed by atoms with Gasteiger partial charge in [0.25, 0.3) is 0 Å². The van der Waals surface area contributed by atoms with E-state index >= 15 is 0 Å². The molecule has 0 spiro atoms. The van der Waals surface area contributed by atoms with Crippen molar-refractivity contribution in [3.8, 4) is 11.5 Å². The highest BCUT2D eigenvalue weighted by atomic mass is 16.7. The number of fused-ring (bicyclic) bond motifs is 3. The molecule has 7 aromatic carbocycles. The van der Waals surface area contributed by atoms with Gasteiger partial charge in [-0.05, 0) is 119 Å². The molecule has 7 heteroatoms. The summed E-state index contributed by atoms with van der Waals surface area (Å²) in [5.41, 5.74) is 7.32. The van der Waals surface area contributed by atoms with Gasteiger partial charge in [-0.15, -0.1) is 0 Å². The van der Waals surface area contributed by atoms with Gasteiger partial charge in [-0.25, -0.2) is 0 Å². The van der Waals surface area contributed by atoms with Gasteiger partial charge < -0.3 is 28.3 Å². The fourth-order valence-corrected chi connectivity index (χ4v) is 7.27. The van der Waals surface area contributed by atoms with E-state index in [1.165, 1.54) is 0 Å². The van der Waals surface area contributed by atoms with Gasteiger partial charge in [-0.3, -0.25) is 0 Å². The highest BCUT2D eigenvalue weighted by molar-refractivity contribution is 6.65. The van der Waals surface area contributed by atoms with Gasteiger partial charge in [0, 0.05) is 56.4 Å². The molecule has 55 heavy (non-hydrogen) atoms. The van der Waals surface area contributed by atoms with E-state index in [0.717, 1.165) is 61.5 Å². The van der Waals surface area contributed by atoms with Gasteiger partial charge in [-0.1, -0.05) is 78.9 Å². The molecule has 0 saturated carbocycles. The van der Waals surface area contributed by atoms with Crippen LogP contribution in [0.1, 0.15) is 27.7 Å². The van der Waals surface area contributed by atoms with Crippen LogP contribution in [0.5, 0.6) is 11.5 Å². The van der Waals surface area contributed by atoms with E-state index < -0.39 is 18.3 Å². The van der Waals surface area contributed by atoms with Crippen LogP contribution in [0.3, 0.4) is 0 Å². The van der Waals surface area contributed by atoms with Crippen molar-refractivity contribution in [3.63, 3.8) is 0 Å². The lowest BCUT2D eigenvalue weighted by Gasteiger charge is -2.32. The second-order valence-electron chi connectivity index (χ2n) is 14.8. The first-order valence-electron chi connectivity index (χ1n) is 18.7. The Hall–Kier alpha value is -6.28. The zero-order valence-electron chi connectivity index (χ0n) is 31.3. The number of anilines is 6. The van der Waals surface area contributed by atoms with Gasteiger partial charge in [0.05, 0.1) is 11.2 Å². The molecule has 9 rings (SSSR count). The summed E-state index contributed by atoms with van der Waals surface area (Å²) in [6, 6.07) is 59.9. The smallest absolute Gasteiger partial charge is 0.458 e. The fourth-order valence-electron chi connectivity index (χ4n) is 7.27. The molecule has 0 atom stereocenters. The largest absolute Gasteiger partial charge is 0.500 e. The van der Waals surface area contributed by atoms with E-state index in [-0.39, 0.29) is 0 Å². The molecule has 1 fully saturated rings. The van der Waals surface area contributed by atoms with Crippen molar-refractivity contribution in [1.82, 2.24) is 0 Å². The Morgan fingerprint density at radius 2 is 0.982 bits per heavy atom.